The molecule has 0 heterocycles. The summed E-state index contributed by atoms with van der Waals surface area (Å²) in [4.78, 5) is 22.1. The molecule has 0 saturated heterocycles. The van der Waals surface area contributed by atoms with Gasteiger partial charge in [-0.15, -0.1) is 0 Å². The van der Waals surface area contributed by atoms with Crippen molar-refractivity contribution in [3.8, 4) is 0 Å². The van der Waals surface area contributed by atoms with Crippen molar-refractivity contribution in [1.29, 1.82) is 0 Å². The highest BCUT2D eigenvalue weighted by Gasteiger charge is 2.44. The third kappa shape index (κ3) is 8.65. The van der Waals surface area contributed by atoms with Gasteiger partial charge in [0.1, 0.15) is 6.42 Å². The number of ether oxygens (including phenoxy) is 2. The number of hydrogen-bond acceptors (Lipinski definition) is 4. The van der Waals surface area contributed by atoms with Crippen LogP contribution in [0.2, 0.25) is 0 Å². The standard InChI is InChI=1S/C11H15F5O4/c1-3-7(2)9(18)19-4-8(17)20-6-10(12,13)5-11(14,15)16/h7H,3-6H2,1-2H3. The summed E-state index contributed by atoms with van der Waals surface area (Å²) in [5, 5.41) is 0. The smallest absolute Gasteiger partial charge is 0.394 e. The fourth-order valence-electron chi connectivity index (χ4n) is 1.01. The molecule has 0 aromatic rings. The molecule has 0 N–H and O–H groups in total. The predicted molar refractivity (Wildman–Crippen MR) is 57.0 cm³/mol. The van der Waals surface area contributed by atoms with Crippen LogP contribution in [-0.2, 0) is 19.1 Å². The predicted octanol–water partition coefficient (Wildman–Crippen LogP) is 2.71. The number of esters is 2. The van der Waals surface area contributed by atoms with Crippen LogP contribution in [0.3, 0.4) is 0 Å². The zero-order valence-electron chi connectivity index (χ0n) is 10.9. The lowest BCUT2D eigenvalue weighted by Gasteiger charge is -2.18. The second-order valence-corrected chi connectivity index (χ2v) is 4.23. The first-order chi connectivity index (χ1) is 8.97. The van der Waals surface area contributed by atoms with Crippen LogP contribution in [0, 0.1) is 5.92 Å². The van der Waals surface area contributed by atoms with E-state index in [1.165, 1.54) is 6.92 Å². The molecule has 0 radical (unpaired) electrons. The van der Waals surface area contributed by atoms with Gasteiger partial charge in [0, 0.05) is 0 Å². The number of carbonyl (C=O) groups is 2. The summed E-state index contributed by atoms with van der Waals surface area (Å²) in [5.74, 6) is -6.74. The van der Waals surface area contributed by atoms with E-state index in [1.807, 2.05) is 0 Å². The van der Waals surface area contributed by atoms with Crippen molar-refractivity contribution in [3.63, 3.8) is 0 Å². The molecule has 0 aliphatic heterocycles. The van der Waals surface area contributed by atoms with Crippen LogP contribution in [0.25, 0.3) is 0 Å². The van der Waals surface area contributed by atoms with Crippen molar-refractivity contribution in [1.82, 2.24) is 0 Å². The summed E-state index contributed by atoms with van der Waals surface area (Å²) < 4.78 is 69.2. The van der Waals surface area contributed by atoms with E-state index >= 15 is 0 Å². The van der Waals surface area contributed by atoms with E-state index in [9.17, 15) is 31.5 Å². The summed E-state index contributed by atoms with van der Waals surface area (Å²) in [6, 6.07) is 0. The van der Waals surface area contributed by atoms with Crippen molar-refractivity contribution >= 4 is 11.9 Å². The van der Waals surface area contributed by atoms with Gasteiger partial charge < -0.3 is 9.47 Å². The Labute approximate surface area is 112 Å². The Bertz CT molecular complexity index is 340. The van der Waals surface area contributed by atoms with Gasteiger partial charge in [0.25, 0.3) is 5.92 Å². The molecule has 0 saturated carbocycles. The Morgan fingerprint density at radius 2 is 1.65 bits per heavy atom. The van der Waals surface area contributed by atoms with Crippen molar-refractivity contribution in [2.45, 2.75) is 38.8 Å². The molecule has 20 heavy (non-hydrogen) atoms. The van der Waals surface area contributed by atoms with E-state index in [2.05, 4.69) is 9.47 Å². The second-order valence-electron chi connectivity index (χ2n) is 4.23. The largest absolute Gasteiger partial charge is 0.457 e. The lowest BCUT2D eigenvalue weighted by atomic mass is 10.1. The topological polar surface area (TPSA) is 52.6 Å². The van der Waals surface area contributed by atoms with Crippen LogP contribution in [0.1, 0.15) is 26.7 Å². The number of hydrogen-bond donors (Lipinski definition) is 0. The summed E-state index contributed by atoms with van der Waals surface area (Å²) >= 11 is 0. The van der Waals surface area contributed by atoms with E-state index in [1.54, 1.807) is 6.92 Å². The highest BCUT2D eigenvalue weighted by Crippen LogP contribution is 2.31. The summed E-state index contributed by atoms with van der Waals surface area (Å²) in [5.41, 5.74) is 0. The van der Waals surface area contributed by atoms with E-state index in [0.29, 0.717) is 6.42 Å². The van der Waals surface area contributed by atoms with Crippen molar-refractivity contribution in [3.05, 3.63) is 0 Å². The van der Waals surface area contributed by atoms with Crippen LogP contribution in [0.4, 0.5) is 22.0 Å². The van der Waals surface area contributed by atoms with Crippen LogP contribution in [0.15, 0.2) is 0 Å². The number of halogens is 5. The van der Waals surface area contributed by atoms with Crippen molar-refractivity contribution in [2.75, 3.05) is 13.2 Å². The maximum absolute atomic E-state index is 12.8. The molecule has 0 spiro atoms. The third-order valence-electron chi connectivity index (χ3n) is 2.25. The molecule has 0 aromatic heterocycles. The average Bonchev–Trinajstić information content (AvgIpc) is 2.29. The fourth-order valence-corrected chi connectivity index (χ4v) is 1.01. The molecule has 1 atom stereocenters. The lowest BCUT2D eigenvalue weighted by Crippen LogP contribution is -2.32. The number of alkyl halides is 5. The van der Waals surface area contributed by atoms with Gasteiger partial charge in [0.2, 0.25) is 0 Å². The normalized spacial score (nSPS) is 13.8. The Kier molecular flexibility index (Phi) is 6.87. The highest BCUT2D eigenvalue weighted by atomic mass is 19.4. The summed E-state index contributed by atoms with van der Waals surface area (Å²) in [6.07, 6.45) is -7.00. The molecule has 0 rings (SSSR count). The molecule has 0 amide bonds. The molecule has 0 aliphatic rings. The van der Waals surface area contributed by atoms with Crippen molar-refractivity contribution < 1.29 is 41.0 Å². The van der Waals surface area contributed by atoms with E-state index < -0.39 is 49.6 Å². The van der Waals surface area contributed by atoms with E-state index in [4.69, 9.17) is 0 Å². The molecule has 118 valence electrons. The zero-order chi connectivity index (χ0) is 16.0. The highest BCUT2D eigenvalue weighted by molar-refractivity contribution is 5.77. The molecule has 9 heteroatoms. The fraction of sp³-hybridized carbons (Fsp3) is 0.818. The molecule has 0 bridgehead atoms. The first kappa shape index (κ1) is 18.6. The second kappa shape index (κ2) is 7.39. The minimum Gasteiger partial charge on any atom is -0.457 e. The minimum atomic E-state index is -5.07. The van der Waals surface area contributed by atoms with Gasteiger partial charge in [-0.05, 0) is 6.42 Å². The van der Waals surface area contributed by atoms with Gasteiger partial charge >= 0.3 is 18.1 Å². The molecule has 0 aliphatic carbocycles. The zero-order valence-corrected chi connectivity index (χ0v) is 10.9. The first-order valence-corrected chi connectivity index (χ1v) is 5.73. The van der Waals surface area contributed by atoms with Gasteiger partial charge in [-0.25, -0.2) is 13.6 Å². The van der Waals surface area contributed by atoms with E-state index in [-0.39, 0.29) is 0 Å². The van der Waals surface area contributed by atoms with Gasteiger partial charge in [0.15, 0.2) is 13.2 Å². The molecule has 4 nitrogen and oxygen atoms in total. The molecular weight excluding hydrogens is 291 g/mol. The van der Waals surface area contributed by atoms with Crippen LogP contribution in [-0.4, -0.2) is 37.3 Å². The maximum Gasteiger partial charge on any atom is 0.394 e. The Balaban J connectivity index is 4.08. The summed E-state index contributed by atoms with van der Waals surface area (Å²) in [7, 11) is 0. The molecular formula is C11H15F5O4. The molecule has 1 unspecified atom stereocenters. The number of rotatable bonds is 7. The minimum absolute atomic E-state index is 0.456. The van der Waals surface area contributed by atoms with Crippen molar-refractivity contribution in [2.24, 2.45) is 5.92 Å². The summed E-state index contributed by atoms with van der Waals surface area (Å²) in [6.45, 7) is 0.602. The molecule has 0 fully saturated rings. The third-order valence-corrected chi connectivity index (χ3v) is 2.25. The average molecular weight is 306 g/mol. The Hall–Kier alpha value is -1.41. The Morgan fingerprint density at radius 3 is 2.10 bits per heavy atom. The lowest BCUT2D eigenvalue weighted by molar-refractivity contribution is -0.204. The first-order valence-electron chi connectivity index (χ1n) is 5.73. The molecule has 0 aromatic carbocycles. The Morgan fingerprint density at radius 1 is 1.10 bits per heavy atom. The van der Waals surface area contributed by atoms with Crippen LogP contribution < -0.4 is 0 Å². The van der Waals surface area contributed by atoms with Gasteiger partial charge in [-0.1, -0.05) is 13.8 Å². The van der Waals surface area contributed by atoms with E-state index in [0.717, 1.165) is 0 Å². The quantitative estimate of drug-likeness (QED) is 0.536. The van der Waals surface area contributed by atoms with Gasteiger partial charge in [0.05, 0.1) is 5.92 Å². The van der Waals surface area contributed by atoms with Crippen LogP contribution >= 0.6 is 0 Å². The monoisotopic (exact) mass is 306 g/mol. The van der Waals surface area contributed by atoms with Crippen LogP contribution in [0.5, 0.6) is 0 Å². The van der Waals surface area contributed by atoms with Gasteiger partial charge in [-0.2, -0.15) is 13.2 Å². The van der Waals surface area contributed by atoms with Gasteiger partial charge in [-0.3, -0.25) is 4.79 Å². The maximum atomic E-state index is 12.8. The SMILES string of the molecule is CCC(C)C(=O)OCC(=O)OCC(F)(F)CC(F)(F)F. The number of carbonyl (C=O) groups excluding carboxylic acids is 2.